The van der Waals surface area contributed by atoms with Crippen LogP contribution in [0.1, 0.15) is 42.5 Å². The number of pyridine rings is 1. The Labute approximate surface area is 262 Å². The molecule has 0 fully saturated rings. The van der Waals surface area contributed by atoms with Gasteiger partial charge in [-0.2, -0.15) is 4.31 Å². The topological polar surface area (TPSA) is 183 Å². The van der Waals surface area contributed by atoms with Crippen LogP contribution in [0.15, 0.2) is 65.8 Å². The summed E-state index contributed by atoms with van der Waals surface area (Å²) in [6.45, 7) is 2.09. The summed E-state index contributed by atoms with van der Waals surface area (Å²) in [7, 11) is -8.00. The van der Waals surface area contributed by atoms with Crippen LogP contribution in [0.5, 0.6) is 0 Å². The summed E-state index contributed by atoms with van der Waals surface area (Å²) < 4.78 is 55.0. The van der Waals surface area contributed by atoms with Gasteiger partial charge >= 0.3 is 5.97 Å². The van der Waals surface area contributed by atoms with Gasteiger partial charge in [-0.05, 0) is 66.8 Å². The molecule has 0 spiro atoms. The maximum atomic E-state index is 14.1. The van der Waals surface area contributed by atoms with E-state index in [1.807, 2.05) is 16.9 Å². The molecule has 0 radical (unpaired) electrons. The van der Waals surface area contributed by atoms with Gasteiger partial charge in [-0.25, -0.2) is 21.6 Å². The molecule has 3 aromatic rings. The fourth-order valence-electron chi connectivity index (χ4n) is 4.54. The molecule has 0 aliphatic rings. The fourth-order valence-corrected chi connectivity index (χ4v) is 7.53. The van der Waals surface area contributed by atoms with Crippen molar-refractivity contribution in [3.63, 3.8) is 0 Å². The largest absolute Gasteiger partial charge is 0.480 e. The number of sulfonamides is 2. The van der Waals surface area contributed by atoms with Gasteiger partial charge in [-0.15, -0.1) is 0 Å². The number of aliphatic hydroxyl groups excluding tert-OH is 1. The number of carbonyl (C=O) groups is 2. The van der Waals surface area contributed by atoms with Crippen molar-refractivity contribution in [2.24, 2.45) is 0 Å². The van der Waals surface area contributed by atoms with Crippen LogP contribution >= 0.6 is 11.6 Å². The number of carboxylic acid groups (broad SMARTS) is 1. The number of nitrogens with zero attached hydrogens (tertiary/aromatic N) is 2. The van der Waals surface area contributed by atoms with E-state index in [9.17, 15) is 31.5 Å². The highest BCUT2D eigenvalue weighted by Gasteiger charge is 2.31. The van der Waals surface area contributed by atoms with E-state index in [1.165, 1.54) is 10.4 Å². The van der Waals surface area contributed by atoms with Crippen molar-refractivity contribution in [1.82, 2.24) is 19.3 Å². The molecule has 238 valence electrons. The Hall–Kier alpha value is -3.40. The van der Waals surface area contributed by atoms with Gasteiger partial charge in [0.25, 0.3) is 0 Å². The zero-order valence-corrected chi connectivity index (χ0v) is 26.6. The van der Waals surface area contributed by atoms with E-state index >= 15 is 0 Å². The van der Waals surface area contributed by atoms with Crippen molar-refractivity contribution >= 4 is 43.5 Å². The second-order valence-electron chi connectivity index (χ2n) is 9.96. The average molecular weight is 667 g/mol. The lowest BCUT2D eigenvalue weighted by Gasteiger charge is -2.30. The molecule has 1 heterocycles. The SMILES string of the molecule is Cc1c(Cl)cccc1S(=O)(=O)N(CCCC(=O)NCCS(=O)(=O)NCC(=O)O)C(C)c1cccc(-c2ccncc2CO)c1. The first-order chi connectivity index (χ1) is 20.8. The molecule has 44 heavy (non-hydrogen) atoms. The number of hydrogen-bond donors (Lipinski definition) is 4. The van der Waals surface area contributed by atoms with E-state index in [4.69, 9.17) is 16.7 Å². The molecule has 0 aliphatic heterocycles. The van der Waals surface area contributed by atoms with Crippen LogP contribution in [-0.2, 0) is 36.2 Å². The number of aromatic nitrogens is 1. The standard InChI is InChI=1S/C29H35ClN4O8S2/c1-20-26(30)8-4-9-27(20)44(41,42)34(14-5-10-28(36)32-13-15-43(39,40)33-18-29(37)38)21(2)22-6-3-7-23(16-22)25-11-12-31-17-24(25)19-35/h3-4,6-9,11-12,16-17,21,33,35H,5,10,13-15,18-19H2,1-2H3,(H,32,36)(H,37,38). The number of halogens is 1. The molecule has 15 heteroatoms. The van der Waals surface area contributed by atoms with Crippen molar-refractivity contribution in [2.45, 2.75) is 44.2 Å². The van der Waals surface area contributed by atoms with E-state index in [0.717, 1.165) is 11.1 Å². The molecular formula is C29H35ClN4O8S2. The molecule has 1 atom stereocenters. The summed E-state index contributed by atoms with van der Waals surface area (Å²) in [6.07, 6.45) is 3.21. The van der Waals surface area contributed by atoms with Crippen LogP contribution in [0, 0.1) is 6.92 Å². The Morgan fingerprint density at radius 1 is 1.09 bits per heavy atom. The lowest BCUT2D eigenvalue weighted by atomic mass is 9.98. The van der Waals surface area contributed by atoms with Gasteiger partial charge in [0, 0.05) is 48.5 Å². The monoisotopic (exact) mass is 666 g/mol. The van der Waals surface area contributed by atoms with E-state index in [0.29, 0.717) is 21.7 Å². The first kappa shape index (κ1) is 35.1. The number of aliphatic hydroxyl groups is 1. The van der Waals surface area contributed by atoms with Crippen molar-refractivity contribution in [2.75, 3.05) is 25.4 Å². The van der Waals surface area contributed by atoms with Gasteiger partial charge < -0.3 is 15.5 Å². The van der Waals surface area contributed by atoms with Crippen LogP contribution in [0.25, 0.3) is 11.1 Å². The maximum Gasteiger partial charge on any atom is 0.318 e. The Balaban J connectivity index is 1.82. The van der Waals surface area contributed by atoms with Crippen LogP contribution < -0.4 is 10.0 Å². The zero-order valence-electron chi connectivity index (χ0n) is 24.2. The minimum Gasteiger partial charge on any atom is -0.480 e. The number of carboxylic acids is 1. The summed E-state index contributed by atoms with van der Waals surface area (Å²) in [4.78, 5) is 27.1. The summed E-state index contributed by atoms with van der Waals surface area (Å²) in [6, 6.07) is 13.0. The highest BCUT2D eigenvalue weighted by molar-refractivity contribution is 7.89. The lowest BCUT2D eigenvalue weighted by Crippen LogP contribution is -2.37. The van der Waals surface area contributed by atoms with Gasteiger partial charge in [-0.3, -0.25) is 14.6 Å². The Morgan fingerprint density at radius 2 is 1.82 bits per heavy atom. The minimum absolute atomic E-state index is 0.0354. The van der Waals surface area contributed by atoms with Gasteiger partial charge in [0.05, 0.1) is 17.3 Å². The summed E-state index contributed by atoms with van der Waals surface area (Å²) in [5.41, 5.74) is 3.21. The number of hydrogen-bond acceptors (Lipinski definition) is 8. The van der Waals surface area contributed by atoms with Gasteiger partial charge in [0.15, 0.2) is 0 Å². The quantitative estimate of drug-likeness (QED) is 0.179. The third-order valence-electron chi connectivity index (χ3n) is 6.91. The normalized spacial score (nSPS) is 12.7. The van der Waals surface area contributed by atoms with Crippen LogP contribution in [-0.4, -0.2) is 73.6 Å². The Kier molecular flexibility index (Phi) is 12.4. The molecular weight excluding hydrogens is 632 g/mol. The Bertz CT molecular complexity index is 1700. The molecule has 0 saturated heterocycles. The number of benzene rings is 2. The molecule has 3 rings (SSSR count). The summed E-state index contributed by atoms with van der Waals surface area (Å²) >= 11 is 6.26. The van der Waals surface area contributed by atoms with Crippen LogP contribution in [0.4, 0.5) is 0 Å². The van der Waals surface area contributed by atoms with E-state index in [1.54, 1.807) is 56.6 Å². The predicted molar refractivity (Wildman–Crippen MR) is 166 cm³/mol. The number of amides is 1. The van der Waals surface area contributed by atoms with Gasteiger partial charge in [0.1, 0.15) is 6.54 Å². The van der Waals surface area contributed by atoms with Gasteiger partial charge in [-0.1, -0.05) is 35.9 Å². The number of rotatable bonds is 16. The predicted octanol–water partition coefficient (Wildman–Crippen LogP) is 2.86. The molecule has 1 unspecified atom stereocenters. The molecule has 0 bridgehead atoms. The van der Waals surface area contributed by atoms with Crippen LogP contribution in [0.3, 0.4) is 0 Å². The molecule has 12 nitrogen and oxygen atoms in total. The zero-order chi connectivity index (χ0) is 32.5. The molecule has 2 aromatic carbocycles. The lowest BCUT2D eigenvalue weighted by molar-refractivity contribution is -0.135. The molecule has 1 amide bonds. The molecule has 0 saturated carbocycles. The second kappa shape index (κ2) is 15.5. The van der Waals surface area contributed by atoms with E-state index in [-0.39, 0.29) is 37.4 Å². The highest BCUT2D eigenvalue weighted by Crippen LogP contribution is 2.33. The smallest absolute Gasteiger partial charge is 0.318 e. The summed E-state index contributed by atoms with van der Waals surface area (Å²) in [5.74, 6) is -2.33. The third kappa shape index (κ3) is 9.30. The number of carbonyl (C=O) groups excluding carboxylic acids is 1. The van der Waals surface area contributed by atoms with Crippen molar-refractivity contribution in [3.05, 3.63) is 82.6 Å². The van der Waals surface area contributed by atoms with Crippen LogP contribution in [0.2, 0.25) is 5.02 Å². The minimum atomic E-state index is -4.11. The average Bonchev–Trinajstić information content (AvgIpc) is 2.99. The first-order valence-electron chi connectivity index (χ1n) is 13.6. The van der Waals surface area contributed by atoms with Crippen molar-refractivity contribution in [3.8, 4) is 11.1 Å². The third-order valence-corrected chi connectivity index (χ3v) is 10.8. The second-order valence-corrected chi connectivity index (χ2v) is 14.2. The van der Waals surface area contributed by atoms with Crippen molar-refractivity contribution in [1.29, 1.82) is 0 Å². The summed E-state index contributed by atoms with van der Waals surface area (Å²) in [5, 5.41) is 21.2. The molecule has 4 N–H and O–H groups in total. The van der Waals surface area contributed by atoms with E-state index < -0.39 is 50.3 Å². The van der Waals surface area contributed by atoms with Crippen molar-refractivity contribution < 1.29 is 36.6 Å². The molecule has 1 aromatic heterocycles. The van der Waals surface area contributed by atoms with E-state index in [2.05, 4.69) is 10.3 Å². The number of nitrogens with one attached hydrogen (secondary N) is 2. The Morgan fingerprint density at radius 3 is 2.52 bits per heavy atom. The maximum absolute atomic E-state index is 14.1. The fraction of sp³-hybridized carbons (Fsp3) is 0.345. The first-order valence-corrected chi connectivity index (χ1v) is 17.1. The highest BCUT2D eigenvalue weighted by atomic mass is 35.5. The number of aliphatic carboxylic acids is 1. The van der Waals surface area contributed by atoms with Gasteiger partial charge in [0.2, 0.25) is 26.0 Å². The molecule has 0 aliphatic carbocycles.